The van der Waals surface area contributed by atoms with Crippen LogP contribution in [0, 0.1) is 0 Å². The number of hydrogen-bond donors (Lipinski definition) is 0. The second-order valence-corrected chi connectivity index (χ2v) is 2.89. The lowest BCUT2D eigenvalue weighted by molar-refractivity contribution is -0.133. The third-order valence-corrected chi connectivity index (χ3v) is 1.44. The summed E-state index contributed by atoms with van der Waals surface area (Å²) in [6, 6.07) is 0. The van der Waals surface area contributed by atoms with E-state index in [4.69, 9.17) is 9.47 Å². The van der Waals surface area contributed by atoms with Gasteiger partial charge in [0.1, 0.15) is 6.10 Å². The summed E-state index contributed by atoms with van der Waals surface area (Å²) < 4.78 is 10.8. The molecule has 1 heterocycles. The van der Waals surface area contributed by atoms with Crippen molar-refractivity contribution in [2.45, 2.75) is 32.7 Å². The predicted molar refractivity (Wildman–Crippen MR) is 39.7 cm³/mol. The Hall–Kier alpha value is -0.340. The van der Waals surface area contributed by atoms with Gasteiger partial charge < -0.3 is 9.47 Å². The molecule has 0 N–H and O–H groups in total. The Labute approximate surface area is 61.8 Å². The summed E-state index contributed by atoms with van der Waals surface area (Å²) >= 11 is 0. The van der Waals surface area contributed by atoms with E-state index in [9.17, 15) is 0 Å². The molecule has 0 unspecified atom stereocenters. The Kier molecular flexibility index (Phi) is 2.11. The first-order chi connectivity index (χ1) is 4.64. The van der Waals surface area contributed by atoms with Crippen molar-refractivity contribution in [3.8, 4) is 0 Å². The molecule has 2 nitrogen and oxygen atoms in total. The quantitative estimate of drug-likeness (QED) is 0.519. The molecule has 0 bridgehead atoms. The van der Waals surface area contributed by atoms with E-state index in [0.29, 0.717) is 6.61 Å². The maximum atomic E-state index is 5.48. The van der Waals surface area contributed by atoms with Gasteiger partial charge in [-0.1, -0.05) is 12.2 Å². The summed E-state index contributed by atoms with van der Waals surface area (Å²) in [7, 11) is 0. The molecule has 0 aromatic carbocycles. The normalized spacial score (nSPS) is 31.7. The average Bonchev–Trinajstić information content (AvgIpc) is 2.12. The standard InChI is InChI=1S/C8H14O2/c1-4-5-7-6-9-8(2,3)10-7/h4-5,7H,6H2,1-3H3/t7-/m1/s1. The molecule has 1 aliphatic heterocycles. The number of hydrogen-bond acceptors (Lipinski definition) is 2. The third-order valence-electron chi connectivity index (χ3n) is 1.44. The Morgan fingerprint density at radius 2 is 2.20 bits per heavy atom. The maximum absolute atomic E-state index is 5.48. The van der Waals surface area contributed by atoms with E-state index in [0.717, 1.165) is 0 Å². The van der Waals surface area contributed by atoms with Crippen LogP contribution in [0.4, 0.5) is 0 Å². The molecule has 0 spiro atoms. The maximum Gasteiger partial charge on any atom is 0.163 e. The fraction of sp³-hybridized carbons (Fsp3) is 0.750. The van der Waals surface area contributed by atoms with Crippen molar-refractivity contribution in [2.75, 3.05) is 6.61 Å². The second-order valence-electron chi connectivity index (χ2n) is 2.89. The first-order valence-electron chi connectivity index (χ1n) is 3.58. The molecule has 0 radical (unpaired) electrons. The van der Waals surface area contributed by atoms with Gasteiger partial charge in [0.05, 0.1) is 6.61 Å². The van der Waals surface area contributed by atoms with Crippen molar-refractivity contribution < 1.29 is 9.47 Å². The van der Waals surface area contributed by atoms with E-state index in [2.05, 4.69) is 0 Å². The molecule has 1 saturated heterocycles. The summed E-state index contributed by atoms with van der Waals surface area (Å²) in [5.74, 6) is -0.385. The van der Waals surface area contributed by atoms with Crippen LogP contribution in [0.2, 0.25) is 0 Å². The van der Waals surface area contributed by atoms with Crippen LogP contribution in [0.15, 0.2) is 12.2 Å². The summed E-state index contributed by atoms with van der Waals surface area (Å²) in [5, 5.41) is 0. The molecule has 1 atom stereocenters. The van der Waals surface area contributed by atoms with Gasteiger partial charge in [0.15, 0.2) is 5.79 Å². The van der Waals surface area contributed by atoms with Crippen molar-refractivity contribution in [1.29, 1.82) is 0 Å². The molecule has 10 heavy (non-hydrogen) atoms. The molecule has 1 fully saturated rings. The highest BCUT2D eigenvalue weighted by Crippen LogP contribution is 2.22. The van der Waals surface area contributed by atoms with Crippen molar-refractivity contribution in [3.63, 3.8) is 0 Å². The summed E-state index contributed by atoms with van der Waals surface area (Å²) in [4.78, 5) is 0. The van der Waals surface area contributed by atoms with Gasteiger partial charge in [0.2, 0.25) is 0 Å². The Morgan fingerprint density at radius 3 is 2.60 bits per heavy atom. The minimum Gasteiger partial charge on any atom is -0.347 e. The summed E-state index contributed by atoms with van der Waals surface area (Å²) in [6.07, 6.45) is 4.14. The average molecular weight is 142 g/mol. The molecule has 1 rings (SSSR count). The molecular weight excluding hydrogens is 128 g/mol. The Balaban J connectivity index is 2.43. The highest BCUT2D eigenvalue weighted by atomic mass is 16.7. The van der Waals surface area contributed by atoms with Gasteiger partial charge in [0.25, 0.3) is 0 Å². The third kappa shape index (κ3) is 1.82. The molecule has 58 valence electrons. The zero-order valence-electron chi connectivity index (χ0n) is 6.76. The first kappa shape index (κ1) is 7.76. The molecule has 0 saturated carbocycles. The lowest BCUT2D eigenvalue weighted by Crippen LogP contribution is -2.20. The highest BCUT2D eigenvalue weighted by Gasteiger charge is 2.30. The minimum absolute atomic E-state index is 0.153. The van der Waals surface area contributed by atoms with Crippen LogP contribution in [0.5, 0.6) is 0 Å². The molecule has 0 aromatic heterocycles. The zero-order chi connectivity index (χ0) is 7.61. The van der Waals surface area contributed by atoms with E-state index < -0.39 is 0 Å². The lowest BCUT2D eigenvalue weighted by atomic mass is 10.3. The minimum atomic E-state index is -0.385. The fourth-order valence-electron chi connectivity index (χ4n) is 1.02. The van der Waals surface area contributed by atoms with Gasteiger partial charge in [0, 0.05) is 0 Å². The largest absolute Gasteiger partial charge is 0.347 e. The van der Waals surface area contributed by atoms with Crippen LogP contribution in [0.1, 0.15) is 20.8 Å². The van der Waals surface area contributed by atoms with Crippen LogP contribution in [-0.2, 0) is 9.47 Å². The summed E-state index contributed by atoms with van der Waals surface area (Å²) in [5.41, 5.74) is 0. The highest BCUT2D eigenvalue weighted by molar-refractivity contribution is 4.90. The van der Waals surface area contributed by atoms with Gasteiger partial charge in [-0.3, -0.25) is 0 Å². The van der Waals surface area contributed by atoms with E-state index in [-0.39, 0.29) is 11.9 Å². The topological polar surface area (TPSA) is 18.5 Å². The van der Waals surface area contributed by atoms with Crippen molar-refractivity contribution in [1.82, 2.24) is 0 Å². The van der Waals surface area contributed by atoms with Crippen LogP contribution in [0.3, 0.4) is 0 Å². The molecular formula is C8H14O2. The van der Waals surface area contributed by atoms with Crippen molar-refractivity contribution in [2.24, 2.45) is 0 Å². The van der Waals surface area contributed by atoms with Gasteiger partial charge in [-0.25, -0.2) is 0 Å². The molecule has 0 amide bonds. The zero-order valence-corrected chi connectivity index (χ0v) is 6.76. The number of rotatable bonds is 1. The van der Waals surface area contributed by atoms with Crippen LogP contribution >= 0.6 is 0 Å². The Bertz CT molecular complexity index is 138. The van der Waals surface area contributed by atoms with E-state index in [1.165, 1.54) is 0 Å². The number of allylic oxidation sites excluding steroid dienone is 1. The molecule has 0 aromatic rings. The van der Waals surface area contributed by atoms with Crippen LogP contribution in [0.25, 0.3) is 0 Å². The van der Waals surface area contributed by atoms with E-state index >= 15 is 0 Å². The van der Waals surface area contributed by atoms with Gasteiger partial charge in [-0.2, -0.15) is 0 Å². The van der Waals surface area contributed by atoms with Crippen molar-refractivity contribution >= 4 is 0 Å². The van der Waals surface area contributed by atoms with Gasteiger partial charge in [-0.15, -0.1) is 0 Å². The molecule has 1 aliphatic rings. The van der Waals surface area contributed by atoms with Crippen molar-refractivity contribution in [3.05, 3.63) is 12.2 Å². The number of ether oxygens (including phenoxy) is 2. The van der Waals surface area contributed by atoms with Gasteiger partial charge in [-0.05, 0) is 20.8 Å². The fourth-order valence-corrected chi connectivity index (χ4v) is 1.02. The van der Waals surface area contributed by atoms with Gasteiger partial charge >= 0.3 is 0 Å². The van der Waals surface area contributed by atoms with Crippen LogP contribution < -0.4 is 0 Å². The summed E-state index contributed by atoms with van der Waals surface area (Å²) in [6.45, 7) is 6.51. The van der Waals surface area contributed by atoms with E-state index in [1.54, 1.807) is 0 Å². The molecule has 0 aliphatic carbocycles. The Morgan fingerprint density at radius 1 is 1.50 bits per heavy atom. The smallest absolute Gasteiger partial charge is 0.163 e. The monoisotopic (exact) mass is 142 g/mol. The predicted octanol–water partition coefficient (Wildman–Crippen LogP) is 1.71. The lowest BCUT2D eigenvalue weighted by Gasteiger charge is -2.15. The van der Waals surface area contributed by atoms with E-state index in [1.807, 2.05) is 32.9 Å². The van der Waals surface area contributed by atoms with Crippen LogP contribution in [-0.4, -0.2) is 18.5 Å². The SMILES string of the molecule is CC=C[C@@H]1COC(C)(C)O1. The first-order valence-corrected chi connectivity index (χ1v) is 3.58. The second kappa shape index (κ2) is 2.72. The molecule has 2 heteroatoms.